The second-order valence-electron chi connectivity index (χ2n) is 5.96. The van der Waals surface area contributed by atoms with Gasteiger partial charge in [-0.1, -0.05) is 12.1 Å². The summed E-state index contributed by atoms with van der Waals surface area (Å²) in [6.45, 7) is 1.78. The molecule has 0 atom stereocenters. The van der Waals surface area contributed by atoms with Gasteiger partial charge in [-0.15, -0.1) is 11.3 Å². The molecular formula is C18H16FN3OS. The molecule has 24 heavy (non-hydrogen) atoms. The van der Waals surface area contributed by atoms with Crippen LogP contribution in [0.25, 0.3) is 10.2 Å². The molecule has 6 heteroatoms. The van der Waals surface area contributed by atoms with Crippen LogP contribution in [0.15, 0.2) is 34.2 Å². The number of rotatable bonds is 2. The molecule has 122 valence electrons. The van der Waals surface area contributed by atoms with Gasteiger partial charge in [0.2, 0.25) is 0 Å². The van der Waals surface area contributed by atoms with E-state index >= 15 is 0 Å². The summed E-state index contributed by atoms with van der Waals surface area (Å²) in [7, 11) is 0. The van der Waals surface area contributed by atoms with Gasteiger partial charge in [-0.2, -0.15) is 9.78 Å². The van der Waals surface area contributed by atoms with Crippen LogP contribution in [0, 0.1) is 12.7 Å². The standard InChI is InChI=1S/C18H16FN3OS/c1-11-21-17-16(14-4-2-3-5-15(14)24-17)18(23)22(11)20-10-12-6-8-13(19)9-7-12/h6-10H,2-5H2,1H3/b20-10-. The van der Waals surface area contributed by atoms with Crippen molar-refractivity contribution >= 4 is 27.8 Å². The molecule has 4 rings (SSSR count). The predicted molar refractivity (Wildman–Crippen MR) is 94.7 cm³/mol. The minimum Gasteiger partial charge on any atom is -0.267 e. The van der Waals surface area contributed by atoms with Gasteiger partial charge in [0, 0.05) is 4.88 Å². The number of nitrogens with zero attached hydrogens (tertiary/aromatic N) is 3. The number of halogens is 1. The Kier molecular flexibility index (Phi) is 3.76. The maximum atomic E-state index is 13.0. The highest BCUT2D eigenvalue weighted by molar-refractivity contribution is 7.18. The summed E-state index contributed by atoms with van der Waals surface area (Å²) in [5.41, 5.74) is 1.77. The first kappa shape index (κ1) is 15.2. The van der Waals surface area contributed by atoms with Gasteiger partial charge in [0.25, 0.3) is 5.56 Å². The lowest BCUT2D eigenvalue weighted by Gasteiger charge is -2.10. The van der Waals surface area contributed by atoms with Crippen molar-refractivity contribution in [1.82, 2.24) is 9.66 Å². The lowest BCUT2D eigenvalue weighted by molar-refractivity contribution is 0.628. The van der Waals surface area contributed by atoms with Crippen LogP contribution in [0.4, 0.5) is 4.39 Å². The number of aryl methyl sites for hydroxylation is 3. The zero-order chi connectivity index (χ0) is 16.7. The topological polar surface area (TPSA) is 47.2 Å². The Balaban J connectivity index is 1.83. The third kappa shape index (κ3) is 2.57. The van der Waals surface area contributed by atoms with E-state index in [9.17, 15) is 9.18 Å². The molecule has 0 saturated carbocycles. The van der Waals surface area contributed by atoms with Crippen LogP contribution in [-0.2, 0) is 12.8 Å². The molecule has 2 heterocycles. The fourth-order valence-electron chi connectivity index (χ4n) is 3.11. The second kappa shape index (κ2) is 5.94. The fraction of sp³-hybridized carbons (Fsp3) is 0.278. The van der Waals surface area contributed by atoms with Crippen molar-refractivity contribution in [2.24, 2.45) is 5.10 Å². The van der Waals surface area contributed by atoms with E-state index in [1.165, 1.54) is 28.1 Å². The van der Waals surface area contributed by atoms with Crippen LogP contribution in [-0.4, -0.2) is 15.9 Å². The van der Waals surface area contributed by atoms with Crippen LogP contribution < -0.4 is 5.56 Å². The van der Waals surface area contributed by atoms with Crippen LogP contribution in [0.3, 0.4) is 0 Å². The van der Waals surface area contributed by atoms with E-state index in [-0.39, 0.29) is 11.4 Å². The van der Waals surface area contributed by atoms with Crippen LogP contribution >= 0.6 is 11.3 Å². The molecule has 1 aromatic carbocycles. The van der Waals surface area contributed by atoms with E-state index in [2.05, 4.69) is 10.1 Å². The lowest BCUT2D eigenvalue weighted by Crippen LogP contribution is -2.21. The van der Waals surface area contributed by atoms with Gasteiger partial charge in [0.1, 0.15) is 16.5 Å². The number of thiophene rings is 1. The van der Waals surface area contributed by atoms with Gasteiger partial charge in [0.15, 0.2) is 0 Å². The van der Waals surface area contributed by atoms with E-state index in [4.69, 9.17) is 0 Å². The SMILES string of the molecule is Cc1nc2sc3c(c2c(=O)n1/N=C\c1ccc(F)cc1)CCCC3. The molecule has 2 aromatic heterocycles. The molecule has 0 spiro atoms. The molecule has 4 nitrogen and oxygen atoms in total. The molecule has 0 amide bonds. The van der Waals surface area contributed by atoms with Gasteiger partial charge >= 0.3 is 0 Å². The van der Waals surface area contributed by atoms with Crippen molar-refractivity contribution < 1.29 is 4.39 Å². The van der Waals surface area contributed by atoms with Crippen LogP contribution in [0.2, 0.25) is 0 Å². The molecule has 0 fully saturated rings. The van der Waals surface area contributed by atoms with E-state index in [0.29, 0.717) is 5.82 Å². The third-order valence-corrected chi connectivity index (χ3v) is 5.51. The number of fused-ring (bicyclic) bond motifs is 3. The first-order valence-corrected chi connectivity index (χ1v) is 8.79. The molecule has 0 saturated heterocycles. The summed E-state index contributed by atoms with van der Waals surface area (Å²) in [6.07, 6.45) is 5.82. The van der Waals surface area contributed by atoms with E-state index in [1.807, 2.05) is 0 Å². The van der Waals surface area contributed by atoms with Gasteiger partial charge in [-0.25, -0.2) is 9.37 Å². The van der Waals surface area contributed by atoms with E-state index < -0.39 is 0 Å². The van der Waals surface area contributed by atoms with Gasteiger partial charge in [-0.05, 0) is 55.9 Å². The Labute approximate surface area is 142 Å². The molecule has 0 N–H and O–H groups in total. The third-order valence-electron chi connectivity index (χ3n) is 4.32. The monoisotopic (exact) mass is 341 g/mol. The number of aromatic nitrogens is 2. The summed E-state index contributed by atoms with van der Waals surface area (Å²) in [6, 6.07) is 5.98. The van der Waals surface area contributed by atoms with Crippen molar-refractivity contribution in [2.45, 2.75) is 32.6 Å². The molecule has 3 aromatic rings. The Bertz CT molecular complexity index is 1000. The summed E-state index contributed by atoms with van der Waals surface area (Å²) in [4.78, 5) is 19.6. The largest absolute Gasteiger partial charge is 0.283 e. The lowest BCUT2D eigenvalue weighted by atomic mass is 9.97. The van der Waals surface area contributed by atoms with Crippen LogP contribution in [0.5, 0.6) is 0 Å². The summed E-state index contributed by atoms with van der Waals surface area (Å²) in [5.74, 6) is 0.262. The molecule has 0 unspecified atom stereocenters. The average Bonchev–Trinajstić information content (AvgIpc) is 2.94. The Morgan fingerprint density at radius 1 is 1.25 bits per heavy atom. The summed E-state index contributed by atoms with van der Waals surface area (Å²) in [5, 5.41) is 5.00. The van der Waals surface area contributed by atoms with Crippen LogP contribution in [0.1, 0.15) is 34.7 Å². The molecule has 1 aliphatic carbocycles. The zero-order valence-electron chi connectivity index (χ0n) is 13.3. The molecular weight excluding hydrogens is 325 g/mol. The minimum absolute atomic E-state index is 0.115. The molecule has 0 bridgehead atoms. The zero-order valence-corrected chi connectivity index (χ0v) is 14.1. The smallest absolute Gasteiger partial charge is 0.267 e. The minimum atomic E-state index is -0.298. The molecule has 1 aliphatic rings. The average molecular weight is 341 g/mol. The second-order valence-corrected chi connectivity index (χ2v) is 7.05. The predicted octanol–water partition coefficient (Wildman–Crippen LogP) is 3.67. The van der Waals surface area contributed by atoms with E-state index in [0.717, 1.165) is 40.6 Å². The molecule has 0 aliphatic heterocycles. The van der Waals surface area contributed by atoms with Gasteiger partial charge < -0.3 is 0 Å². The van der Waals surface area contributed by atoms with Crippen molar-refractivity contribution in [3.63, 3.8) is 0 Å². The maximum Gasteiger partial charge on any atom is 0.283 e. The highest BCUT2D eigenvalue weighted by Gasteiger charge is 2.20. The number of hydrogen-bond donors (Lipinski definition) is 0. The first-order chi connectivity index (χ1) is 11.6. The Morgan fingerprint density at radius 3 is 2.79 bits per heavy atom. The molecule has 0 radical (unpaired) electrons. The van der Waals surface area contributed by atoms with E-state index in [1.54, 1.807) is 36.6 Å². The fourth-order valence-corrected chi connectivity index (χ4v) is 4.40. The first-order valence-electron chi connectivity index (χ1n) is 7.97. The van der Waals surface area contributed by atoms with Crippen molar-refractivity contribution in [2.75, 3.05) is 0 Å². The van der Waals surface area contributed by atoms with Crippen molar-refractivity contribution in [3.8, 4) is 0 Å². The van der Waals surface area contributed by atoms with Gasteiger partial charge in [-0.3, -0.25) is 4.79 Å². The highest BCUT2D eigenvalue weighted by atomic mass is 32.1. The van der Waals surface area contributed by atoms with Gasteiger partial charge in [0.05, 0.1) is 11.6 Å². The highest BCUT2D eigenvalue weighted by Crippen LogP contribution is 2.33. The Morgan fingerprint density at radius 2 is 2.00 bits per heavy atom. The quantitative estimate of drug-likeness (QED) is 0.668. The Hall–Kier alpha value is -2.34. The number of benzene rings is 1. The number of hydrogen-bond acceptors (Lipinski definition) is 4. The summed E-state index contributed by atoms with van der Waals surface area (Å²) < 4.78 is 14.3. The normalized spacial score (nSPS) is 14.4. The van der Waals surface area contributed by atoms with Crippen molar-refractivity contribution in [1.29, 1.82) is 0 Å². The maximum absolute atomic E-state index is 13.0. The summed E-state index contributed by atoms with van der Waals surface area (Å²) >= 11 is 1.63. The van der Waals surface area contributed by atoms with Crippen molar-refractivity contribution in [3.05, 3.63) is 62.3 Å².